The van der Waals surface area contributed by atoms with Gasteiger partial charge in [-0.15, -0.1) is 0 Å². The molecule has 0 aromatic heterocycles. The lowest BCUT2D eigenvalue weighted by atomic mass is 10.1. The normalized spacial score (nSPS) is 15.4. The Labute approximate surface area is 286 Å². The van der Waals surface area contributed by atoms with Gasteiger partial charge in [0.25, 0.3) is 0 Å². The maximum absolute atomic E-state index is 12.6. The minimum Gasteiger partial charge on any atom is -0.387 e. The maximum Gasteiger partial charge on any atom is 0.472 e. The average molecular weight is 677 g/mol. The first-order chi connectivity index (χ1) is 22.9. The van der Waals surface area contributed by atoms with E-state index in [2.05, 4.69) is 79.1 Å². The third-order valence-corrected chi connectivity index (χ3v) is 8.01. The molecule has 0 heterocycles. The van der Waals surface area contributed by atoms with E-state index in [1.54, 1.807) is 6.08 Å². The minimum absolute atomic E-state index is 0.0640. The molecule has 0 aliphatic rings. The van der Waals surface area contributed by atoms with E-state index in [4.69, 9.17) is 14.8 Å². The highest BCUT2D eigenvalue weighted by atomic mass is 31.2. The number of rotatable bonds is 31. The van der Waals surface area contributed by atoms with Crippen molar-refractivity contribution in [1.82, 2.24) is 5.32 Å². The van der Waals surface area contributed by atoms with E-state index in [0.29, 0.717) is 6.42 Å². The number of phosphoric ester groups is 1. The Morgan fingerprint density at radius 1 is 0.745 bits per heavy atom. The molecule has 0 aromatic rings. The predicted octanol–water partition coefficient (Wildman–Crippen LogP) is 9.10. The lowest BCUT2D eigenvalue weighted by Crippen LogP contribution is -2.45. The zero-order valence-electron chi connectivity index (χ0n) is 29.2. The molecule has 1 amide bonds. The van der Waals surface area contributed by atoms with E-state index in [1.807, 2.05) is 19.1 Å². The third kappa shape index (κ3) is 32.0. The molecule has 47 heavy (non-hydrogen) atoms. The van der Waals surface area contributed by atoms with Crippen LogP contribution in [0.1, 0.15) is 117 Å². The van der Waals surface area contributed by atoms with E-state index < -0.39 is 20.0 Å². The highest BCUT2D eigenvalue weighted by Crippen LogP contribution is 2.43. The second-order valence-corrected chi connectivity index (χ2v) is 12.8. The Morgan fingerprint density at radius 2 is 1.28 bits per heavy atom. The topological polar surface area (TPSA) is 131 Å². The largest absolute Gasteiger partial charge is 0.472 e. The van der Waals surface area contributed by atoms with Crippen molar-refractivity contribution in [2.75, 3.05) is 19.8 Å². The molecule has 0 aliphatic carbocycles. The van der Waals surface area contributed by atoms with Crippen LogP contribution in [0.4, 0.5) is 0 Å². The molecular weight excluding hydrogens is 611 g/mol. The first-order valence-electron chi connectivity index (χ1n) is 17.7. The van der Waals surface area contributed by atoms with Crippen LogP contribution in [0.5, 0.6) is 0 Å². The molecule has 9 heteroatoms. The minimum atomic E-state index is -4.35. The van der Waals surface area contributed by atoms with Gasteiger partial charge < -0.3 is 21.1 Å². The van der Waals surface area contributed by atoms with Crippen LogP contribution in [0, 0.1) is 0 Å². The van der Waals surface area contributed by atoms with Gasteiger partial charge in [0.2, 0.25) is 5.91 Å². The Bertz CT molecular complexity index is 1000. The molecule has 0 aromatic carbocycles. The van der Waals surface area contributed by atoms with Gasteiger partial charge in [0.15, 0.2) is 0 Å². The molecule has 0 radical (unpaired) electrons. The fourth-order valence-corrected chi connectivity index (χ4v) is 5.15. The second-order valence-electron chi connectivity index (χ2n) is 11.3. The first kappa shape index (κ1) is 44.7. The number of hydrogen-bond donors (Lipinski definition) is 4. The molecule has 8 nitrogen and oxygen atoms in total. The highest BCUT2D eigenvalue weighted by molar-refractivity contribution is 7.47. The van der Waals surface area contributed by atoms with Crippen molar-refractivity contribution in [2.45, 2.75) is 129 Å². The molecule has 0 aliphatic heterocycles. The summed E-state index contributed by atoms with van der Waals surface area (Å²) in [7, 11) is -4.35. The lowest BCUT2D eigenvalue weighted by Gasteiger charge is -2.23. The van der Waals surface area contributed by atoms with Crippen molar-refractivity contribution in [3.8, 4) is 0 Å². The summed E-state index contributed by atoms with van der Waals surface area (Å²) in [5, 5.41) is 13.5. The van der Waals surface area contributed by atoms with Crippen molar-refractivity contribution >= 4 is 13.7 Å². The Kier molecular flexibility index (Phi) is 31.9. The number of hydrogen-bond acceptors (Lipinski definition) is 6. The standard InChI is InChI=1S/C38H65N2O6P/c1-3-5-7-9-11-13-14-15-16-17-18-19-20-21-22-24-26-28-30-32-38(42)40-36(35-46-47(43,44)45-34-33-39)37(41)31-29-27-25-23-12-10-8-6-4-2/h4-7,11-13,15-16,18-19,23,29,31,36-37,41H,3,8-10,14,17,20-22,24-28,30,32-35,39H2,1-2H3,(H,40,42)(H,43,44)/b6-4+,7-5-,13-11-,16-15-,19-18-,23-12+,31-29+. The molecule has 0 saturated heterocycles. The monoisotopic (exact) mass is 676 g/mol. The Balaban J connectivity index is 4.33. The molecule has 5 N–H and O–H groups in total. The van der Waals surface area contributed by atoms with E-state index in [-0.39, 0.29) is 25.7 Å². The fourth-order valence-electron chi connectivity index (χ4n) is 4.39. The number of amides is 1. The van der Waals surface area contributed by atoms with Gasteiger partial charge in [-0.1, -0.05) is 118 Å². The zero-order chi connectivity index (χ0) is 34.7. The van der Waals surface area contributed by atoms with Gasteiger partial charge in [-0.25, -0.2) is 4.57 Å². The number of nitrogens with two attached hydrogens (primary N) is 1. The van der Waals surface area contributed by atoms with Crippen LogP contribution >= 0.6 is 7.82 Å². The van der Waals surface area contributed by atoms with Crippen molar-refractivity contribution < 1.29 is 28.4 Å². The molecule has 0 spiro atoms. The number of aliphatic hydroxyl groups excluding tert-OH is 1. The Hall–Kier alpha value is -2.32. The van der Waals surface area contributed by atoms with Crippen LogP contribution in [-0.4, -0.2) is 47.8 Å². The zero-order valence-corrected chi connectivity index (χ0v) is 30.1. The van der Waals surface area contributed by atoms with E-state index in [0.717, 1.165) is 83.5 Å². The van der Waals surface area contributed by atoms with Crippen LogP contribution in [0.25, 0.3) is 0 Å². The SMILES string of the molecule is C/C=C/CC/C=C/CC/C=C/C(O)C(COP(=O)(O)OCCN)NC(=O)CCCCCCCC/C=C\C/C=C\C/C=C\C/C=C\CC. The molecular formula is C38H65N2O6P. The molecule has 3 unspecified atom stereocenters. The van der Waals surface area contributed by atoms with E-state index in [1.165, 1.54) is 12.8 Å². The summed E-state index contributed by atoms with van der Waals surface area (Å²) in [6.07, 6.45) is 43.7. The highest BCUT2D eigenvalue weighted by Gasteiger charge is 2.26. The summed E-state index contributed by atoms with van der Waals surface area (Å²) in [4.78, 5) is 22.5. The van der Waals surface area contributed by atoms with Gasteiger partial charge in [0.1, 0.15) is 0 Å². The molecule has 0 saturated carbocycles. The van der Waals surface area contributed by atoms with Gasteiger partial charge in [0.05, 0.1) is 25.4 Å². The van der Waals surface area contributed by atoms with Crippen molar-refractivity contribution in [1.29, 1.82) is 0 Å². The smallest absolute Gasteiger partial charge is 0.387 e. The van der Waals surface area contributed by atoms with Crippen molar-refractivity contribution in [3.63, 3.8) is 0 Å². The number of aliphatic hydroxyl groups is 1. The molecule has 0 fully saturated rings. The van der Waals surface area contributed by atoms with Crippen LogP contribution in [0.2, 0.25) is 0 Å². The van der Waals surface area contributed by atoms with Gasteiger partial charge in [-0.2, -0.15) is 0 Å². The van der Waals surface area contributed by atoms with Gasteiger partial charge in [0, 0.05) is 13.0 Å². The summed E-state index contributed by atoms with van der Waals surface area (Å²) in [5.74, 6) is -0.231. The first-order valence-corrected chi connectivity index (χ1v) is 19.2. The predicted molar refractivity (Wildman–Crippen MR) is 198 cm³/mol. The number of nitrogens with one attached hydrogen (secondary N) is 1. The van der Waals surface area contributed by atoms with Gasteiger partial charge in [-0.3, -0.25) is 13.8 Å². The van der Waals surface area contributed by atoms with Crippen LogP contribution in [-0.2, 0) is 18.4 Å². The Morgan fingerprint density at radius 3 is 1.89 bits per heavy atom. The van der Waals surface area contributed by atoms with Crippen molar-refractivity contribution in [2.24, 2.45) is 5.73 Å². The van der Waals surface area contributed by atoms with Crippen LogP contribution < -0.4 is 11.1 Å². The number of unbranched alkanes of at least 4 members (excludes halogenated alkanes) is 8. The number of allylic oxidation sites excluding steroid dienone is 13. The third-order valence-electron chi connectivity index (χ3n) is 7.03. The fraction of sp³-hybridized carbons (Fsp3) is 0.605. The summed E-state index contributed by atoms with van der Waals surface area (Å²) in [6, 6.07) is -0.893. The lowest BCUT2D eigenvalue weighted by molar-refractivity contribution is -0.123. The quantitative estimate of drug-likeness (QED) is 0.0327. The summed E-state index contributed by atoms with van der Waals surface area (Å²) < 4.78 is 21.9. The molecule has 0 bridgehead atoms. The number of phosphoric acid groups is 1. The molecule has 3 atom stereocenters. The average Bonchev–Trinajstić information content (AvgIpc) is 3.05. The van der Waals surface area contributed by atoms with Crippen LogP contribution in [0.15, 0.2) is 85.1 Å². The summed E-state index contributed by atoms with van der Waals surface area (Å²) >= 11 is 0. The summed E-state index contributed by atoms with van der Waals surface area (Å²) in [5.41, 5.74) is 5.33. The van der Waals surface area contributed by atoms with E-state index in [9.17, 15) is 19.4 Å². The maximum atomic E-state index is 12.6. The number of carbonyl (C=O) groups excluding carboxylic acids is 1. The van der Waals surface area contributed by atoms with Gasteiger partial charge >= 0.3 is 7.82 Å². The molecule has 0 rings (SSSR count). The number of carbonyl (C=O) groups is 1. The summed E-state index contributed by atoms with van der Waals surface area (Å²) in [6.45, 7) is 3.70. The van der Waals surface area contributed by atoms with Crippen LogP contribution in [0.3, 0.4) is 0 Å². The van der Waals surface area contributed by atoms with E-state index >= 15 is 0 Å². The second kappa shape index (κ2) is 33.6. The molecule has 268 valence electrons. The van der Waals surface area contributed by atoms with Crippen molar-refractivity contribution in [3.05, 3.63) is 85.1 Å². The van der Waals surface area contributed by atoms with Gasteiger partial charge in [-0.05, 0) is 77.6 Å².